The Morgan fingerprint density at radius 1 is 1.08 bits per heavy atom. The van der Waals surface area contributed by atoms with Crippen molar-refractivity contribution in [2.45, 2.75) is 45.5 Å². The van der Waals surface area contributed by atoms with Crippen molar-refractivity contribution in [3.63, 3.8) is 0 Å². The summed E-state index contributed by atoms with van der Waals surface area (Å²) < 4.78 is 40.7. The predicted octanol–water partition coefficient (Wildman–Crippen LogP) is 4.24. The number of nitrogens with zero attached hydrogens (tertiary/aromatic N) is 1. The summed E-state index contributed by atoms with van der Waals surface area (Å²) in [4.78, 5) is 4.15. The van der Waals surface area contributed by atoms with Crippen LogP contribution in [0.15, 0.2) is 29.3 Å². The van der Waals surface area contributed by atoms with E-state index in [9.17, 15) is 13.2 Å². The molecule has 0 radical (unpaired) electrons. The summed E-state index contributed by atoms with van der Waals surface area (Å²) in [5, 5.41) is 6.44. The molecule has 1 aromatic rings. The number of nitrogens with one attached hydrogen (secondary N) is 2. The van der Waals surface area contributed by atoms with E-state index in [0.29, 0.717) is 12.1 Å². The summed E-state index contributed by atoms with van der Waals surface area (Å²) >= 11 is 0. The highest BCUT2D eigenvalue weighted by Crippen LogP contribution is 2.15. The van der Waals surface area contributed by atoms with Crippen LogP contribution in [-0.4, -0.2) is 32.3 Å². The van der Waals surface area contributed by atoms with Gasteiger partial charge in [0.05, 0.1) is 6.61 Å². The Morgan fingerprint density at radius 3 is 2.28 bits per heavy atom. The van der Waals surface area contributed by atoms with Gasteiger partial charge >= 0.3 is 6.18 Å². The molecule has 4 nitrogen and oxygen atoms in total. The van der Waals surface area contributed by atoms with E-state index < -0.39 is 12.8 Å². The second kappa shape index (κ2) is 13.2. The number of halogens is 4. The molecule has 1 aromatic carbocycles. The third kappa shape index (κ3) is 12.0. The summed E-state index contributed by atoms with van der Waals surface area (Å²) in [6, 6.07) is 7.27. The zero-order chi connectivity index (χ0) is 17.8. The number of guanidine groups is 1. The molecule has 0 aliphatic carbocycles. The molecule has 0 unspecified atom stereocenters. The van der Waals surface area contributed by atoms with Crippen molar-refractivity contribution in [3.05, 3.63) is 35.4 Å². The Bertz CT molecular complexity index is 493. The highest BCUT2D eigenvalue weighted by atomic mass is 127. The Balaban J connectivity index is 0.00000576. The Hall–Kier alpha value is -1.03. The van der Waals surface area contributed by atoms with Gasteiger partial charge in [0.1, 0.15) is 6.61 Å². The summed E-state index contributed by atoms with van der Waals surface area (Å²) in [6.07, 6.45) is -0.831. The first-order valence-corrected chi connectivity index (χ1v) is 8.11. The highest BCUT2D eigenvalue weighted by molar-refractivity contribution is 14.0. The summed E-state index contributed by atoms with van der Waals surface area (Å²) in [5.41, 5.74) is 1.73. The van der Waals surface area contributed by atoms with Crippen LogP contribution in [0.1, 0.15) is 37.3 Å². The summed E-state index contributed by atoms with van der Waals surface area (Å²) in [5.74, 6) is 0.740. The number of rotatable bonds is 9. The molecule has 0 bridgehead atoms. The van der Waals surface area contributed by atoms with Crippen LogP contribution in [0.2, 0.25) is 0 Å². The number of aliphatic imine (C=N–C) groups is 1. The summed E-state index contributed by atoms with van der Waals surface area (Å²) in [7, 11) is 1.72. The molecule has 0 spiro atoms. The minimum atomic E-state index is -4.29. The number of ether oxygens (including phenoxy) is 1. The molecular weight excluding hydrogens is 446 g/mol. The van der Waals surface area contributed by atoms with Crippen molar-refractivity contribution < 1.29 is 17.9 Å². The molecule has 0 heterocycles. The van der Waals surface area contributed by atoms with Crippen LogP contribution in [0.5, 0.6) is 0 Å². The maximum atomic E-state index is 12.0. The van der Waals surface area contributed by atoms with Crippen LogP contribution in [0, 0.1) is 0 Å². The molecular formula is C17H27F3IN3O. The van der Waals surface area contributed by atoms with Crippen molar-refractivity contribution in [2.24, 2.45) is 4.99 Å². The first-order chi connectivity index (χ1) is 11.4. The lowest BCUT2D eigenvalue weighted by molar-refractivity contribution is -0.176. The fraction of sp³-hybridized carbons (Fsp3) is 0.588. The van der Waals surface area contributed by atoms with Crippen LogP contribution in [0.3, 0.4) is 0 Å². The largest absolute Gasteiger partial charge is 0.411 e. The number of benzene rings is 1. The number of hydrogen-bond donors (Lipinski definition) is 2. The van der Waals surface area contributed by atoms with Crippen molar-refractivity contribution in [1.82, 2.24) is 10.6 Å². The van der Waals surface area contributed by atoms with Crippen molar-refractivity contribution in [1.29, 1.82) is 0 Å². The van der Waals surface area contributed by atoms with E-state index in [1.54, 1.807) is 19.2 Å². The number of hydrogen-bond acceptors (Lipinski definition) is 2. The zero-order valence-electron chi connectivity index (χ0n) is 14.7. The van der Waals surface area contributed by atoms with E-state index in [4.69, 9.17) is 0 Å². The fourth-order valence-corrected chi connectivity index (χ4v) is 2.03. The third-order valence-corrected chi connectivity index (χ3v) is 3.31. The smallest absolute Gasteiger partial charge is 0.367 e. The van der Waals surface area contributed by atoms with Crippen LogP contribution in [-0.2, 0) is 17.9 Å². The monoisotopic (exact) mass is 473 g/mol. The van der Waals surface area contributed by atoms with Crippen LogP contribution in [0.25, 0.3) is 0 Å². The van der Waals surface area contributed by atoms with E-state index in [-0.39, 0.29) is 30.6 Å². The van der Waals surface area contributed by atoms with Crippen LogP contribution < -0.4 is 10.6 Å². The van der Waals surface area contributed by atoms with Gasteiger partial charge in [-0.05, 0) is 17.5 Å². The van der Waals surface area contributed by atoms with Gasteiger partial charge in [0.15, 0.2) is 5.96 Å². The lowest BCUT2D eigenvalue weighted by Crippen LogP contribution is -2.37. The molecule has 8 heteroatoms. The van der Waals surface area contributed by atoms with Crippen molar-refractivity contribution >= 4 is 29.9 Å². The van der Waals surface area contributed by atoms with Gasteiger partial charge in [-0.3, -0.25) is 4.99 Å². The molecule has 0 aliphatic heterocycles. The molecule has 144 valence electrons. The average molecular weight is 473 g/mol. The maximum absolute atomic E-state index is 12.0. The molecule has 0 atom stereocenters. The molecule has 2 N–H and O–H groups in total. The second-order valence-corrected chi connectivity index (χ2v) is 5.48. The van der Waals surface area contributed by atoms with Gasteiger partial charge in [-0.15, -0.1) is 24.0 Å². The number of alkyl halides is 3. The standard InChI is InChI=1S/C17H26F3N3O.HI/c1-3-4-5-10-22-16(21-2)23-11-14-6-8-15(9-7-14)12-24-13-17(18,19)20;/h6-9H,3-5,10-13H2,1-2H3,(H2,21,22,23);1H. The van der Waals surface area contributed by atoms with Gasteiger partial charge in [-0.2, -0.15) is 13.2 Å². The quantitative estimate of drug-likeness (QED) is 0.244. The molecule has 0 saturated carbocycles. The lowest BCUT2D eigenvalue weighted by Gasteiger charge is -2.12. The second-order valence-electron chi connectivity index (χ2n) is 5.48. The van der Waals surface area contributed by atoms with E-state index in [0.717, 1.165) is 24.5 Å². The normalized spacial score (nSPS) is 11.8. The Labute approximate surface area is 164 Å². The molecule has 0 aliphatic rings. The minimum absolute atomic E-state index is 0. The maximum Gasteiger partial charge on any atom is 0.411 e. The minimum Gasteiger partial charge on any atom is -0.367 e. The van der Waals surface area contributed by atoms with E-state index >= 15 is 0 Å². The molecule has 0 fully saturated rings. The molecule has 25 heavy (non-hydrogen) atoms. The van der Waals surface area contributed by atoms with Crippen LogP contribution in [0.4, 0.5) is 13.2 Å². The zero-order valence-corrected chi connectivity index (χ0v) is 17.0. The van der Waals surface area contributed by atoms with Gasteiger partial charge in [0, 0.05) is 20.1 Å². The fourth-order valence-electron chi connectivity index (χ4n) is 2.03. The van der Waals surface area contributed by atoms with E-state index in [1.807, 2.05) is 12.1 Å². The molecule has 0 saturated heterocycles. The van der Waals surface area contributed by atoms with Gasteiger partial charge in [0.25, 0.3) is 0 Å². The Morgan fingerprint density at radius 2 is 1.72 bits per heavy atom. The molecule has 0 aromatic heterocycles. The third-order valence-electron chi connectivity index (χ3n) is 3.31. The predicted molar refractivity (Wildman–Crippen MR) is 105 cm³/mol. The van der Waals surface area contributed by atoms with E-state index in [2.05, 4.69) is 27.3 Å². The first kappa shape index (κ1) is 24.0. The van der Waals surface area contributed by atoms with Gasteiger partial charge < -0.3 is 15.4 Å². The number of unbranched alkanes of at least 4 members (excludes halogenated alkanes) is 2. The van der Waals surface area contributed by atoms with Crippen molar-refractivity contribution in [3.8, 4) is 0 Å². The van der Waals surface area contributed by atoms with Gasteiger partial charge in [-0.25, -0.2) is 0 Å². The molecule has 1 rings (SSSR count). The lowest BCUT2D eigenvalue weighted by atomic mass is 10.1. The summed E-state index contributed by atoms with van der Waals surface area (Å²) in [6.45, 7) is 2.36. The SMILES string of the molecule is CCCCCNC(=NC)NCc1ccc(COCC(F)(F)F)cc1.I. The topological polar surface area (TPSA) is 45.7 Å². The van der Waals surface area contributed by atoms with E-state index in [1.165, 1.54) is 12.8 Å². The Kier molecular flexibility index (Phi) is 12.7. The highest BCUT2D eigenvalue weighted by Gasteiger charge is 2.27. The van der Waals surface area contributed by atoms with Gasteiger partial charge in [-0.1, -0.05) is 44.0 Å². The molecule has 0 amide bonds. The average Bonchev–Trinajstić information content (AvgIpc) is 2.54. The van der Waals surface area contributed by atoms with Crippen molar-refractivity contribution in [2.75, 3.05) is 20.2 Å². The first-order valence-electron chi connectivity index (χ1n) is 8.11. The van der Waals surface area contributed by atoms with Gasteiger partial charge in [0.2, 0.25) is 0 Å². The van der Waals surface area contributed by atoms with Crippen LogP contribution >= 0.6 is 24.0 Å².